The highest BCUT2D eigenvalue weighted by Crippen LogP contribution is 2.38. The van der Waals surface area contributed by atoms with Crippen LogP contribution in [0.15, 0.2) is 40.9 Å². The van der Waals surface area contributed by atoms with Crippen molar-refractivity contribution in [3.63, 3.8) is 0 Å². The van der Waals surface area contributed by atoms with E-state index in [2.05, 4.69) is 48.0 Å². The summed E-state index contributed by atoms with van der Waals surface area (Å²) in [4.78, 5) is 0. The summed E-state index contributed by atoms with van der Waals surface area (Å²) in [6, 6.07) is 12.2. The second-order valence-corrected chi connectivity index (χ2v) is 6.08. The van der Waals surface area contributed by atoms with Gasteiger partial charge in [-0.25, -0.2) is 0 Å². The zero-order valence-corrected chi connectivity index (χ0v) is 14.3. The molecule has 1 nitrogen and oxygen atoms in total. The largest absolute Gasteiger partial charge is 0.494 e. The summed E-state index contributed by atoms with van der Waals surface area (Å²) in [6.45, 7) is 6.83. The fraction of sp³-hybridized carbons (Fsp3) is 0.294. The summed E-state index contributed by atoms with van der Waals surface area (Å²) in [7, 11) is 0. The highest BCUT2D eigenvalue weighted by Gasteiger charge is 2.18. The van der Waals surface area contributed by atoms with Crippen molar-refractivity contribution >= 4 is 27.5 Å². The van der Waals surface area contributed by atoms with Crippen LogP contribution in [0.2, 0.25) is 0 Å². The van der Waals surface area contributed by atoms with Crippen LogP contribution in [0.1, 0.15) is 34.6 Å². The molecule has 1 unspecified atom stereocenters. The lowest BCUT2D eigenvalue weighted by Crippen LogP contribution is -2.01. The third kappa shape index (κ3) is 3.18. The molecule has 2 aromatic rings. The highest BCUT2D eigenvalue weighted by atomic mass is 79.9. The number of ether oxygens (including phenoxy) is 1. The van der Waals surface area contributed by atoms with E-state index in [0.29, 0.717) is 6.61 Å². The number of aryl methyl sites for hydroxylation is 2. The third-order valence-corrected chi connectivity index (χ3v) is 4.49. The van der Waals surface area contributed by atoms with Gasteiger partial charge in [-0.3, -0.25) is 0 Å². The van der Waals surface area contributed by atoms with E-state index in [9.17, 15) is 0 Å². The Morgan fingerprint density at radius 1 is 1.15 bits per heavy atom. The molecule has 0 fully saturated rings. The van der Waals surface area contributed by atoms with Gasteiger partial charge in [-0.2, -0.15) is 0 Å². The molecule has 0 N–H and O–H groups in total. The molecule has 0 heterocycles. The maximum Gasteiger partial charge on any atom is 0.120 e. The van der Waals surface area contributed by atoms with E-state index in [0.717, 1.165) is 15.8 Å². The van der Waals surface area contributed by atoms with E-state index < -0.39 is 0 Å². The fourth-order valence-corrected chi connectivity index (χ4v) is 3.61. The predicted octanol–water partition coefficient (Wildman–Crippen LogP) is 5.79. The molecule has 20 heavy (non-hydrogen) atoms. The Morgan fingerprint density at radius 3 is 2.35 bits per heavy atom. The van der Waals surface area contributed by atoms with Gasteiger partial charge in [0.1, 0.15) is 5.75 Å². The highest BCUT2D eigenvalue weighted by molar-refractivity contribution is 9.10. The first-order valence-corrected chi connectivity index (χ1v) is 7.90. The van der Waals surface area contributed by atoms with Gasteiger partial charge in [0, 0.05) is 4.47 Å². The molecule has 0 aliphatic carbocycles. The molecule has 0 radical (unpaired) electrons. The van der Waals surface area contributed by atoms with E-state index in [1.54, 1.807) is 0 Å². The van der Waals surface area contributed by atoms with Crippen LogP contribution in [0.25, 0.3) is 0 Å². The first-order chi connectivity index (χ1) is 9.54. The standard InChI is InChI=1S/C17H18BrClO/c1-4-20-13-8-9-14(15(18)10-13)17(19)16-11(2)6-5-7-12(16)3/h5-10,17H,4H2,1-3H3. The van der Waals surface area contributed by atoms with Crippen LogP contribution >= 0.6 is 27.5 Å². The van der Waals surface area contributed by atoms with Crippen molar-refractivity contribution < 1.29 is 4.74 Å². The average molecular weight is 354 g/mol. The van der Waals surface area contributed by atoms with Gasteiger partial charge in [0.25, 0.3) is 0 Å². The van der Waals surface area contributed by atoms with E-state index in [-0.39, 0.29) is 5.38 Å². The smallest absolute Gasteiger partial charge is 0.120 e. The van der Waals surface area contributed by atoms with Crippen molar-refractivity contribution in [2.45, 2.75) is 26.1 Å². The number of rotatable bonds is 4. The monoisotopic (exact) mass is 352 g/mol. The molecule has 2 aromatic carbocycles. The van der Waals surface area contributed by atoms with Gasteiger partial charge >= 0.3 is 0 Å². The van der Waals surface area contributed by atoms with Crippen LogP contribution in [0, 0.1) is 13.8 Å². The minimum atomic E-state index is -0.166. The van der Waals surface area contributed by atoms with Gasteiger partial charge in [0.05, 0.1) is 12.0 Å². The maximum absolute atomic E-state index is 6.71. The average Bonchev–Trinajstić information content (AvgIpc) is 2.38. The molecule has 0 amide bonds. The summed E-state index contributed by atoms with van der Waals surface area (Å²) in [5, 5.41) is -0.166. The van der Waals surface area contributed by atoms with Crippen LogP contribution in [-0.2, 0) is 0 Å². The Labute approximate surface area is 134 Å². The van der Waals surface area contributed by atoms with Gasteiger partial charge in [0.15, 0.2) is 0 Å². The van der Waals surface area contributed by atoms with Gasteiger partial charge in [-0.05, 0) is 55.2 Å². The molecule has 106 valence electrons. The molecule has 0 aliphatic heterocycles. The van der Waals surface area contributed by atoms with E-state index in [4.69, 9.17) is 16.3 Å². The summed E-state index contributed by atoms with van der Waals surface area (Å²) >= 11 is 10.3. The van der Waals surface area contributed by atoms with Gasteiger partial charge in [0.2, 0.25) is 0 Å². The van der Waals surface area contributed by atoms with Crippen molar-refractivity contribution in [1.82, 2.24) is 0 Å². The second kappa shape index (κ2) is 6.64. The van der Waals surface area contributed by atoms with Gasteiger partial charge in [-0.15, -0.1) is 11.6 Å². The number of hydrogen-bond donors (Lipinski definition) is 0. The lowest BCUT2D eigenvalue weighted by Gasteiger charge is -2.18. The topological polar surface area (TPSA) is 9.23 Å². The quantitative estimate of drug-likeness (QED) is 0.632. The van der Waals surface area contributed by atoms with E-state index in [1.165, 1.54) is 16.7 Å². The molecular formula is C17H18BrClO. The molecule has 0 saturated heterocycles. The molecule has 0 aromatic heterocycles. The first-order valence-electron chi connectivity index (χ1n) is 6.67. The maximum atomic E-state index is 6.71. The zero-order valence-electron chi connectivity index (χ0n) is 11.9. The molecule has 2 rings (SSSR count). The summed E-state index contributed by atoms with van der Waals surface area (Å²) < 4.78 is 6.48. The molecule has 1 atom stereocenters. The molecule has 3 heteroatoms. The Balaban J connectivity index is 2.41. The molecular weight excluding hydrogens is 336 g/mol. The fourth-order valence-electron chi connectivity index (χ4n) is 2.35. The molecule has 0 spiro atoms. The van der Waals surface area contributed by atoms with Crippen LogP contribution in [0.5, 0.6) is 5.75 Å². The van der Waals surface area contributed by atoms with Crippen molar-refractivity contribution in [2.24, 2.45) is 0 Å². The third-order valence-electron chi connectivity index (χ3n) is 3.35. The number of benzene rings is 2. The van der Waals surface area contributed by atoms with Crippen molar-refractivity contribution in [3.8, 4) is 5.75 Å². The lowest BCUT2D eigenvalue weighted by atomic mass is 9.95. The predicted molar refractivity (Wildman–Crippen MR) is 88.9 cm³/mol. The zero-order chi connectivity index (χ0) is 14.7. The van der Waals surface area contributed by atoms with E-state index >= 15 is 0 Å². The van der Waals surface area contributed by atoms with Crippen LogP contribution < -0.4 is 4.74 Å². The Morgan fingerprint density at radius 2 is 1.80 bits per heavy atom. The number of halogens is 2. The summed E-state index contributed by atoms with van der Waals surface area (Å²) in [5.74, 6) is 0.855. The van der Waals surface area contributed by atoms with E-state index in [1.807, 2.05) is 25.1 Å². The normalized spacial score (nSPS) is 12.2. The molecule has 0 saturated carbocycles. The van der Waals surface area contributed by atoms with Gasteiger partial charge in [-0.1, -0.05) is 40.2 Å². The van der Waals surface area contributed by atoms with Gasteiger partial charge < -0.3 is 4.74 Å². The van der Waals surface area contributed by atoms with Crippen LogP contribution in [0.4, 0.5) is 0 Å². The second-order valence-electron chi connectivity index (χ2n) is 4.78. The van der Waals surface area contributed by atoms with Crippen molar-refractivity contribution in [3.05, 3.63) is 63.1 Å². The van der Waals surface area contributed by atoms with Crippen molar-refractivity contribution in [1.29, 1.82) is 0 Å². The van der Waals surface area contributed by atoms with Crippen molar-refractivity contribution in [2.75, 3.05) is 6.61 Å². The summed E-state index contributed by atoms with van der Waals surface area (Å²) in [6.07, 6.45) is 0. The Hall–Kier alpha value is -0.990. The minimum absolute atomic E-state index is 0.166. The Bertz CT molecular complexity index is 590. The Kier molecular flexibility index (Phi) is 5.11. The number of alkyl halides is 1. The van der Waals surface area contributed by atoms with Crippen LogP contribution in [-0.4, -0.2) is 6.61 Å². The van der Waals surface area contributed by atoms with Crippen LogP contribution in [0.3, 0.4) is 0 Å². The summed E-state index contributed by atoms with van der Waals surface area (Å²) in [5.41, 5.74) is 4.67. The molecule has 0 aliphatic rings. The SMILES string of the molecule is CCOc1ccc(C(Cl)c2c(C)cccc2C)c(Br)c1. The first kappa shape index (κ1) is 15.4. The lowest BCUT2D eigenvalue weighted by molar-refractivity contribution is 0.340. The number of hydrogen-bond acceptors (Lipinski definition) is 1. The molecule has 0 bridgehead atoms. The minimum Gasteiger partial charge on any atom is -0.494 e.